The molecule has 7 heteroatoms. The van der Waals surface area contributed by atoms with Gasteiger partial charge in [-0.3, -0.25) is 0 Å². The maximum Gasteiger partial charge on any atom is 0.158 e. The van der Waals surface area contributed by atoms with Crippen molar-refractivity contribution in [2.75, 3.05) is 0 Å². The summed E-state index contributed by atoms with van der Waals surface area (Å²) in [5.74, 6) is -2.16. The molecule has 2 nitrogen and oxygen atoms in total. The highest BCUT2D eigenvalue weighted by Gasteiger charge is 2.23. The molecule has 0 aromatic heterocycles. The minimum Gasteiger partial charge on any atom is -0.228 e. The molecule has 4 aromatic rings. The first kappa shape index (κ1) is 29.8. The standard InChI is InChI=1S/C36H30Cl2F2O2S/c37-29-15-11-23(12-16-29)31-3-1-5-33(31)25-7-9-27(35(39)19-25)21-43(41,42)22-28-10-8-26(20-36(28)40)34-6-2-4-32(34)24-13-17-30(38)18-14-24/h7-20H,1-6,21-22H2. The molecular formula is C36H30Cl2F2O2S. The van der Waals surface area contributed by atoms with Gasteiger partial charge in [0.1, 0.15) is 11.6 Å². The Kier molecular flexibility index (Phi) is 8.59. The van der Waals surface area contributed by atoms with Gasteiger partial charge in [0.05, 0.1) is 11.5 Å². The summed E-state index contributed by atoms with van der Waals surface area (Å²) in [7, 11) is -3.84. The van der Waals surface area contributed by atoms with Crippen molar-refractivity contribution in [1.29, 1.82) is 0 Å². The number of allylic oxidation sites excluding steroid dienone is 4. The second-order valence-electron chi connectivity index (χ2n) is 11.3. The molecule has 0 saturated carbocycles. The summed E-state index contributed by atoms with van der Waals surface area (Å²) < 4.78 is 56.8. The van der Waals surface area contributed by atoms with Crippen LogP contribution >= 0.6 is 23.2 Å². The zero-order chi connectivity index (χ0) is 30.1. The van der Waals surface area contributed by atoms with E-state index in [1.807, 2.05) is 48.5 Å². The third kappa shape index (κ3) is 6.64. The predicted octanol–water partition coefficient (Wildman–Crippen LogP) is 10.6. The van der Waals surface area contributed by atoms with Crippen LogP contribution in [0.1, 0.15) is 71.9 Å². The fraction of sp³-hybridized carbons (Fsp3) is 0.222. The molecule has 0 radical (unpaired) electrons. The first-order valence-electron chi connectivity index (χ1n) is 14.4. The van der Waals surface area contributed by atoms with Crippen LogP contribution in [-0.4, -0.2) is 8.42 Å². The van der Waals surface area contributed by atoms with E-state index in [9.17, 15) is 8.42 Å². The molecule has 4 aromatic carbocycles. The van der Waals surface area contributed by atoms with Crippen LogP contribution in [0.5, 0.6) is 0 Å². The number of halogens is 4. The molecule has 0 atom stereocenters. The lowest BCUT2D eigenvalue weighted by Gasteiger charge is -2.12. The van der Waals surface area contributed by atoms with E-state index in [2.05, 4.69) is 0 Å². The van der Waals surface area contributed by atoms with Gasteiger partial charge in [0.2, 0.25) is 0 Å². The van der Waals surface area contributed by atoms with Crippen molar-refractivity contribution in [3.05, 3.63) is 140 Å². The Balaban J connectivity index is 1.19. The summed E-state index contributed by atoms with van der Waals surface area (Å²) in [5.41, 5.74) is 8.22. The SMILES string of the molecule is O=S(=O)(Cc1ccc(C2=C(c3ccc(Cl)cc3)CCC2)cc1F)Cc1ccc(C2=C(c3ccc(Cl)cc3)CCC2)cc1F. The van der Waals surface area contributed by atoms with Crippen molar-refractivity contribution < 1.29 is 17.2 Å². The van der Waals surface area contributed by atoms with E-state index in [1.165, 1.54) is 24.3 Å². The lowest BCUT2D eigenvalue weighted by molar-refractivity contribution is 0.580. The Hall–Kier alpha value is -3.25. The molecule has 0 unspecified atom stereocenters. The quantitative estimate of drug-likeness (QED) is 0.193. The van der Waals surface area contributed by atoms with Crippen LogP contribution < -0.4 is 0 Å². The third-order valence-electron chi connectivity index (χ3n) is 8.37. The summed E-state index contributed by atoms with van der Waals surface area (Å²) in [4.78, 5) is 0. The molecular weight excluding hydrogens is 605 g/mol. The highest BCUT2D eigenvalue weighted by atomic mass is 35.5. The van der Waals surface area contributed by atoms with Crippen molar-refractivity contribution in [3.8, 4) is 0 Å². The van der Waals surface area contributed by atoms with Gasteiger partial charge < -0.3 is 0 Å². The minimum absolute atomic E-state index is 0.0798. The highest BCUT2D eigenvalue weighted by molar-refractivity contribution is 7.89. The number of sulfone groups is 1. The van der Waals surface area contributed by atoms with Gasteiger partial charge in [-0.15, -0.1) is 0 Å². The monoisotopic (exact) mass is 634 g/mol. The van der Waals surface area contributed by atoms with Crippen LogP contribution in [0.25, 0.3) is 22.3 Å². The van der Waals surface area contributed by atoms with Gasteiger partial charge in [-0.25, -0.2) is 17.2 Å². The average Bonchev–Trinajstić information content (AvgIpc) is 3.67. The third-order valence-corrected chi connectivity index (χ3v) is 10.4. The van der Waals surface area contributed by atoms with Gasteiger partial charge in [0, 0.05) is 21.2 Å². The Morgan fingerprint density at radius 1 is 0.512 bits per heavy atom. The van der Waals surface area contributed by atoms with Crippen LogP contribution in [0.15, 0.2) is 84.9 Å². The normalized spacial score (nSPS) is 15.5. The first-order chi connectivity index (χ1) is 20.7. The van der Waals surface area contributed by atoms with Crippen molar-refractivity contribution >= 4 is 55.3 Å². The molecule has 6 rings (SSSR count). The molecule has 0 fully saturated rings. The summed E-state index contributed by atoms with van der Waals surface area (Å²) in [6, 6.07) is 24.7. The molecule has 0 saturated heterocycles. The summed E-state index contributed by atoms with van der Waals surface area (Å²) in [6.07, 6.45) is 5.35. The van der Waals surface area contributed by atoms with Gasteiger partial charge in [0.15, 0.2) is 9.84 Å². The van der Waals surface area contributed by atoms with E-state index in [1.54, 1.807) is 12.1 Å². The summed E-state index contributed by atoms with van der Waals surface area (Å²) in [5, 5.41) is 1.32. The number of hydrogen-bond donors (Lipinski definition) is 0. The molecule has 0 N–H and O–H groups in total. The highest BCUT2D eigenvalue weighted by Crippen LogP contribution is 2.42. The maximum absolute atomic E-state index is 15.3. The van der Waals surface area contributed by atoms with Crippen LogP contribution in [0.3, 0.4) is 0 Å². The molecule has 0 amide bonds. The van der Waals surface area contributed by atoms with E-state index < -0.39 is 33.0 Å². The second kappa shape index (κ2) is 12.4. The zero-order valence-corrected chi connectivity index (χ0v) is 25.8. The van der Waals surface area contributed by atoms with Gasteiger partial charge in [-0.1, -0.05) is 71.7 Å². The van der Waals surface area contributed by atoms with Crippen molar-refractivity contribution in [1.82, 2.24) is 0 Å². The number of rotatable bonds is 8. The van der Waals surface area contributed by atoms with Crippen LogP contribution in [0.4, 0.5) is 8.78 Å². The first-order valence-corrected chi connectivity index (χ1v) is 17.0. The fourth-order valence-corrected chi connectivity index (χ4v) is 8.06. The minimum atomic E-state index is -3.84. The summed E-state index contributed by atoms with van der Waals surface area (Å²) in [6.45, 7) is 0. The number of benzene rings is 4. The Morgan fingerprint density at radius 2 is 0.837 bits per heavy atom. The van der Waals surface area contributed by atoms with Crippen LogP contribution in [-0.2, 0) is 21.3 Å². The molecule has 2 aliphatic rings. The van der Waals surface area contributed by atoms with Crippen LogP contribution in [0, 0.1) is 11.6 Å². The topological polar surface area (TPSA) is 34.1 Å². The number of hydrogen-bond acceptors (Lipinski definition) is 2. The van der Waals surface area contributed by atoms with Gasteiger partial charge in [-0.2, -0.15) is 0 Å². The lowest BCUT2D eigenvalue weighted by Crippen LogP contribution is -2.10. The zero-order valence-electron chi connectivity index (χ0n) is 23.5. The smallest absolute Gasteiger partial charge is 0.158 e. The molecule has 0 heterocycles. The molecule has 220 valence electrons. The molecule has 0 spiro atoms. The van der Waals surface area contributed by atoms with E-state index in [-0.39, 0.29) is 11.1 Å². The van der Waals surface area contributed by atoms with Crippen molar-refractivity contribution in [2.45, 2.75) is 50.0 Å². The lowest BCUT2D eigenvalue weighted by atomic mass is 9.96. The fourth-order valence-electron chi connectivity index (χ4n) is 6.29. The Bertz CT molecular complexity index is 1730. The molecule has 2 aliphatic carbocycles. The van der Waals surface area contributed by atoms with Crippen LogP contribution in [0.2, 0.25) is 10.0 Å². The predicted molar refractivity (Wildman–Crippen MR) is 173 cm³/mol. The van der Waals surface area contributed by atoms with E-state index in [0.29, 0.717) is 10.0 Å². The van der Waals surface area contributed by atoms with E-state index >= 15 is 8.78 Å². The van der Waals surface area contributed by atoms with Gasteiger partial charge >= 0.3 is 0 Å². The Labute approximate surface area is 261 Å². The van der Waals surface area contributed by atoms with Gasteiger partial charge in [-0.05, 0) is 119 Å². The largest absolute Gasteiger partial charge is 0.228 e. The Morgan fingerprint density at radius 3 is 1.19 bits per heavy atom. The maximum atomic E-state index is 15.3. The average molecular weight is 636 g/mol. The van der Waals surface area contributed by atoms with E-state index in [4.69, 9.17) is 23.2 Å². The van der Waals surface area contributed by atoms with Crippen molar-refractivity contribution in [3.63, 3.8) is 0 Å². The van der Waals surface area contributed by atoms with Crippen molar-refractivity contribution in [2.24, 2.45) is 0 Å². The second-order valence-corrected chi connectivity index (χ2v) is 14.2. The molecule has 0 bridgehead atoms. The molecule has 43 heavy (non-hydrogen) atoms. The van der Waals surface area contributed by atoms with Gasteiger partial charge in [0.25, 0.3) is 0 Å². The van der Waals surface area contributed by atoms with E-state index in [0.717, 1.165) is 83.1 Å². The summed E-state index contributed by atoms with van der Waals surface area (Å²) >= 11 is 12.1. The molecule has 0 aliphatic heterocycles.